The van der Waals surface area contributed by atoms with Gasteiger partial charge >= 0.3 is 0 Å². The molecule has 9 heteroatoms. The SMILES string of the molecule is CS(=O)(=O)N1CC(Oc2ccc(F)cc2)C[C@H]1C(=O)N1CCCN(C2CCC2)CC1. The van der Waals surface area contributed by atoms with Gasteiger partial charge in [-0.3, -0.25) is 9.69 Å². The number of halogens is 1. The Kier molecular flexibility index (Phi) is 6.31. The molecule has 4 rings (SSSR count). The first kappa shape index (κ1) is 21.5. The van der Waals surface area contributed by atoms with Gasteiger partial charge in [0, 0.05) is 38.6 Å². The maximum atomic E-state index is 13.3. The van der Waals surface area contributed by atoms with Crippen LogP contribution in [0.1, 0.15) is 32.1 Å². The molecule has 30 heavy (non-hydrogen) atoms. The number of rotatable bonds is 5. The lowest BCUT2D eigenvalue weighted by Gasteiger charge is -2.36. The van der Waals surface area contributed by atoms with Crippen molar-refractivity contribution in [3.8, 4) is 5.75 Å². The topological polar surface area (TPSA) is 70.2 Å². The summed E-state index contributed by atoms with van der Waals surface area (Å²) in [7, 11) is -3.56. The lowest BCUT2D eigenvalue weighted by molar-refractivity contribution is -0.134. The monoisotopic (exact) mass is 439 g/mol. The van der Waals surface area contributed by atoms with Crippen LogP contribution in [0.15, 0.2) is 24.3 Å². The highest BCUT2D eigenvalue weighted by Crippen LogP contribution is 2.28. The van der Waals surface area contributed by atoms with Crippen LogP contribution >= 0.6 is 0 Å². The van der Waals surface area contributed by atoms with Crippen LogP contribution in [-0.2, 0) is 14.8 Å². The van der Waals surface area contributed by atoms with E-state index in [1.165, 1.54) is 47.8 Å². The molecule has 1 unspecified atom stereocenters. The largest absolute Gasteiger partial charge is 0.489 e. The van der Waals surface area contributed by atoms with Crippen molar-refractivity contribution in [1.82, 2.24) is 14.1 Å². The minimum Gasteiger partial charge on any atom is -0.489 e. The van der Waals surface area contributed by atoms with Crippen molar-refractivity contribution in [2.75, 3.05) is 39.0 Å². The van der Waals surface area contributed by atoms with Gasteiger partial charge in [-0.15, -0.1) is 0 Å². The molecule has 1 aromatic carbocycles. The molecule has 2 atom stereocenters. The second-order valence-electron chi connectivity index (χ2n) is 8.58. The van der Waals surface area contributed by atoms with Gasteiger partial charge in [0.2, 0.25) is 15.9 Å². The highest BCUT2D eigenvalue weighted by atomic mass is 32.2. The van der Waals surface area contributed by atoms with Crippen LogP contribution in [-0.4, -0.2) is 85.6 Å². The highest BCUT2D eigenvalue weighted by molar-refractivity contribution is 7.88. The molecule has 2 saturated heterocycles. The maximum absolute atomic E-state index is 13.3. The fourth-order valence-electron chi connectivity index (χ4n) is 4.64. The number of sulfonamides is 1. The van der Waals surface area contributed by atoms with E-state index in [1.807, 2.05) is 4.90 Å². The van der Waals surface area contributed by atoms with E-state index in [2.05, 4.69) is 4.90 Å². The van der Waals surface area contributed by atoms with Crippen molar-refractivity contribution >= 4 is 15.9 Å². The van der Waals surface area contributed by atoms with Crippen LogP contribution in [0.2, 0.25) is 0 Å². The van der Waals surface area contributed by atoms with E-state index >= 15 is 0 Å². The van der Waals surface area contributed by atoms with Crippen LogP contribution in [0.4, 0.5) is 4.39 Å². The Balaban J connectivity index is 1.43. The maximum Gasteiger partial charge on any atom is 0.241 e. The molecule has 2 aliphatic heterocycles. The van der Waals surface area contributed by atoms with Gasteiger partial charge in [-0.1, -0.05) is 6.42 Å². The number of nitrogens with zero attached hydrogens (tertiary/aromatic N) is 3. The smallest absolute Gasteiger partial charge is 0.241 e. The minimum atomic E-state index is -3.56. The Morgan fingerprint density at radius 2 is 1.80 bits per heavy atom. The van der Waals surface area contributed by atoms with E-state index < -0.39 is 22.2 Å². The Bertz CT molecular complexity index is 860. The van der Waals surface area contributed by atoms with Crippen LogP contribution in [0.5, 0.6) is 5.75 Å². The van der Waals surface area contributed by atoms with E-state index in [0.717, 1.165) is 25.8 Å². The molecule has 166 valence electrons. The van der Waals surface area contributed by atoms with Gasteiger partial charge < -0.3 is 9.64 Å². The van der Waals surface area contributed by atoms with Crippen LogP contribution in [0.25, 0.3) is 0 Å². The molecule has 1 amide bonds. The second kappa shape index (κ2) is 8.80. The molecule has 0 N–H and O–H groups in total. The van der Waals surface area contributed by atoms with Crippen LogP contribution in [0, 0.1) is 5.82 Å². The molecule has 0 radical (unpaired) electrons. The molecule has 7 nitrogen and oxygen atoms in total. The number of hydrogen-bond acceptors (Lipinski definition) is 5. The van der Waals surface area contributed by atoms with Gasteiger partial charge in [0.05, 0.1) is 12.8 Å². The molecule has 2 heterocycles. The third-order valence-corrected chi connectivity index (χ3v) is 7.73. The second-order valence-corrected chi connectivity index (χ2v) is 10.5. The predicted molar refractivity (Wildman–Crippen MR) is 111 cm³/mol. The molecule has 3 aliphatic rings. The van der Waals surface area contributed by atoms with Crippen molar-refractivity contribution in [3.05, 3.63) is 30.1 Å². The number of amides is 1. The number of hydrogen-bond donors (Lipinski definition) is 0. The van der Waals surface area contributed by atoms with Gasteiger partial charge in [0.25, 0.3) is 0 Å². The number of benzene rings is 1. The fourth-order valence-corrected chi connectivity index (χ4v) is 5.71. The molecule has 0 spiro atoms. The zero-order valence-corrected chi connectivity index (χ0v) is 18.2. The summed E-state index contributed by atoms with van der Waals surface area (Å²) in [6.07, 6.45) is 5.65. The normalized spacial score (nSPS) is 26.9. The standard InChI is InChI=1S/C21H30FN3O4S/c1-30(27,28)25-15-19(29-18-8-6-16(22)7-9-18)14-20(25)21(26)24-11-3-10-23(12-13-24)17-4-2-5-17/h6-9,17,19-20H,2-5,10-15H2,1H3/t19?,20-/m0/s1. The molecule has 1 aromatic rings. The van der Waals surface area contributed by atoms with Crippen LogP contribution in [0.3, 0.4) is 0 Å². The van der Waals surface area contributed by atoms with Gasteiger partial charge in [-0.05, 0) is 43.5 Å². The lowest BCUT2D eigenvalue weighted by atomic mass is 9.91. The van der Waals surface area contributed by atoms with Crippen LogP contribution < -0.4 is 4.74 Å². The quantitative estimate of drug-likeness (QED) is 0.699. The zero-order chi connectivity index (χ0) is 21.3. The van der Waals surface area contributed by atoms with E-state index in [1.54, 1.807) is 0 Å². The first-order chi connectivity index (χ1) is 14.3. The molecule has 0 bridgehead atoms. The van der Waals surface area contributed by atoms with E-state index in [-0.39, 0.29) is 18.3 Å². The first-order valence-electron chi connectivity index (χ1n) is 10.7. The first-order valence-corrected chi connectivity index (χ1v) is 12.6. The average Bonchev–Trinajstić information content (AvgIpc) is 2.94. The summed E-state index contributed by atoms with van der Waals surface area (Å²) in [5, 5.41) is 0. The molecular weight excluding hydrogens is 409 g/mol. The summed E-state index contributed by atoms with van der Waals surface area (Å²) in [6, 6.07) is 5.52. The zero-order valence-electron chi connectivity index (χ0n) is 17.4. The summed E-state index contributed by atoms with van der Waals surface area (Å²) in [5.74, 6) is -0.0355. The summed E-state index contributed by atoms with van der Waals surface area (Å²) < 4.78 is 45.0. The van der Waals surface area contributed by atoms with E-state index in [9.17, 15) is 17.6 Å². The molecular formula is C21H30FN3O4S. The van der Waals surface area contributed by atoms with E-state index in [4.69, 9.17) is 4.74 Å². The van der Waals surface area contributed by atoms with Gasteiger partial charge in [-0.2, -0.15) is 4.31 Å². The lowest BCUT2D eigenvalue weighted by Crippen LogP contribution is -2.49. The van der Waals surface area contributed by atoms with Crippen molar-refractivity contribution in [3.63, 3.8) is 0 Å². The third-order valence-electron chi connectivity index (χ3n) is 6.48. The Labute approximate surface area is 177 Å². The van der Waals surface area contributed by atoms with E-state index in [0.29, 0.717) is 31.3 Å². The van der Waals surface area contributed by atoms with Crippen molar-refractivity contribution in [2.45, 2.75) is 50.3 Å². The Hall–Kier alpha value is -1.71. The van der Waals surface area contributed by atoms with Crippen molar-refractivity contribution in [1.29, 1.82) is 0 Å². The summed E-state index contributed by atoms with van der Waals surface area (Å²) >= 11 is 0. The number of carbonyl (C=O) groups is 1. The third kappa shape index (κ3) is 4.78. The summed E-state index contributed by atoms with van der Waals surface area (Å²) in [5.41, 5.74) is 0. The number of carbonyl (C=O) groups excluding carboxylic acids is 1. The van der Waals surface area contributed by atoms with Gasteiger partial charge in [-0.25, -0.2) is 12.8 Å². The van der Waals surface area contributed by atoms with Gasteiger partial charge in [0.1, 0.15) is 23.7 Å². The Morgan fingerprint density at radius 1 is 1.07 bits per heavy atom. The molecule has 3 fully saturated rings. The number of ether oxygens (including phenoxy) is 1. The summed E-state index contributed by atoms with van der Waals surface area (Å²) in [4.78, 5) is 17.6. The minimum absolute atomic E-state index is 0.120. The Morgan fingerprint density at radius 3 is 2.43 bits per heavy atom. The van der Waals surface area contributed by atoms with Crippen molar-refractivity contribution in [2.24, 2.45) is 0 Å². The van der Waals surface area contributed by atoms with Gasteiger partial charge in [0.15, 0.2) is 0 Å². The summed E-state index contributed by atoms with van der Waals surface area (Å²) in [6.45, 7) is 3.24. The molecule has 0 aromatic heterocycles. The predicted octanol–water partition coefficient (Wildman–Crippen LogP) is 1.69. The highest BCUT2D eigenvalue weighted by Gasteiger charge is 2.44. The fraction of sp³-hybridized carbons (Fsp3) is 0.667. The van der Waals surface area contributed by atoms with Crippen molar-refractivity contribution < 1.29 is 22.3 Å². The molecule has 1 aliphatic carbocycles. The molecule has 1 saturated carbocycles. The average molecular weight is 440 g/mol.